The Morgan fingerprint density at radius 1 is 1.39 bits per heavy atom. The van der Waals surface area contributed by atoms with Gasteiger partial charge in [0, 0.05) is 18.8 Å². The van der Waals surface area contributed by atoms with E-state index in [1.807, 2.05) is 11.8 Å². The summed E-state index contributed by atoms with van der Waals surface area (Å²) in [6.07, 6.45) is 3.14. The maximum Gasteiger partial charge on any atom is 0.343 e. The third-order valence-electron chi connectivity index (χ3n) is 5.04. The first-order valence-electron chi connectivity index (χ1n) is 9.29. The minimum absolute atomic E-state index is 0.196. The largest absolute Gasteiger partial charge is 0.462 e. The zero-order valence-electron chi connectivity index (χ0n) is 15.8. The van der Waals surface area contributed by atoms with E-state index in [9.17, 15) is 14.0 Å². The fraction of sp³-hybridized carbons (Fsp3) is 0.350. The molecule has 28 heavy (non-hydrogen) atoms. The van der Waals surface area contributed by atoms with E-state index in [4.69, 9.17) is 4.74 Å². The average Bonchev–Trinajstić information content (AvgIpc) is 3.10. The number of aryl methyl sites for hydroxylation is 1. The second kappa shape index (κ2) is 7.10. The van der Waals surface area contributed by atoms with Gasteiger partial charge in [-0.1, -0.05) is 6.07 Å². The average molecular weight is 384 g/mol. The molecule has 0 radical (unpaired) electrons. The van der Waals surface area contributed by atoms with Crippen molar-refractivity contribution >= 4 is 17.3 Å². The van der Waals surface area contributed by atoms with Gasteiger partial charge in [0.25, 0.3) is 5.56 Å². The molecule has 2 aromatic heterocycles. The van der Waals surface area contributed by atoms with Gasteiger partial charge in [-0.3, -0.25) is 9.89 Å². The van der Waals surface area contributed by atoms with Gasteiger partial charge < -0.3 is 9.64 Å². The van der Waals surface area contributed by atoms with Gasteiger partial charge in [-0.2, -0.15) is 0 Å². The van der Waals surface area contributed by atoms with Gasteiger partial charge in [0.1, 0.15) is 11.4 Å². The highest BCUT2D eigenvalue weighted by molar-refractivity contribution is 5.95. The third-order valence-corrected chi connectivity index (χ3v) is 5.04. The molecule has 146 valence electrons. The van der Waals surface area contributed by atoms with Gasteiger partial charge in [0.2, 0.25) is 0 Å². The number of aromatic nitrogens is 3. The van der Waals surface area contributed by atoms with Crippen LogP contribution in [0.3, 0.4) is 0 Å². The lowest BCUT2D eigenvalue weighted by atomic mass is 9.96. The summed E-state index contributed by atoms with van der Waals surface area (Å²) in [7, 11) is 0. The summed E-state index contributed by atoms with van der Waals surface area (Å²) in [5.41, 5.74) is 3.18. The van der Waals surface area contributed by atoms with Crippen LogP contribution in [0.5, 0.6) is 0 Å². The van der Waals surface area contributed by atoms with Gasteiger partial charge >= 0.3 is 5.97 Å². The SMILES string of the molecule is CCOC(=O)c1c[nH]n2c(=O)cc(CN3CCCc4c(C)ccc(F)c43)nc12. The van der Waals surface area contributed by atoms with Crippen molar-refractivity contribution in [3.05, 3.63) is 63.0 Å². The molecule has 0 amide bonds. The van der Waals surface area contributed by atoms with Gasteiger partial charge in [-0.25, -0.2) is 18.7 Å². The maximum absolute atomic E-state index is 14.5. The quantitative estimate of drug-likeness (QED) is 0.700. The van der Waals surface area contributed by atoms with Gasteiger partial charge in [-0.15, -0.1) is 0 Å². The Kier molecular flexibility index (Phi) is 4.62. The number of benzene rings is 1. The maximum atomic E-state index is 14.5. The number of carbonyl (C=O) groups excluding carboxylic acids is 1. The molecule has 0 bridgehead atoms. The van der Waals surface area contributed by atoms with Crippen molar-refractivity contribution in [2.75, 3.05) is 18.1 Å². The van der Waals surface area contributed by atoms with Crippen molar-refractivity contribution in [1.82, 2.24) is 14.6 Å². The third kappa shape index (κ3) is 3.04. The minimum Gasteiger partial charge on any atom is -0.462 e. The van der Waals surface area contributed by atoms with E-state index >= 15 is 0 Å². The van der Waals surface area contributed by atoms with Crippen LogP contribution < -0.4 is 10.5 Å². The molecule has 1 N–H and O–H groups in total. The van der Waals surface area contributed by atoms with Gasteiger partial charge in [0.15, 0.2) is 5.65 Å². The van der Waals surface area contributed by atoms with Crippen LogP contribution in [0.4, 0.5) is 10.1 Å². The van der Waals surface area contributed by atoms with Crippen molar-refractivity contribution < 1.29 is 13.9 Å². The Hall–Kier alpha value is -3.16. The second-order valence-corrected chi connectivity index (χ2v) is 6.87. The molecule has 4 rings (SSSR count). The molecule has 8 heteroatoms. The van der Waals surface area contributed by atoms with E-state index in [0.29, 0.717) is 17.9 Å². The predicted octanol–water partition coefficient (Wildman–Crippen LogP) is 2.60. The van der Waals surface area contributed by atoms with Crippen LogP contribution in [0.25, 0.3) is 5.65 Å². The van der Waals surface area contributed by atoms with E-state index in [0.717, 1.165) is 24.0 Å². The first kappa shape index (κ1) is 18.2. The Labute approximate surface area is 160 Å². The predicted molar refractivity (Wildman–Crippen MR) is 102 cm³/mol. The summed E-state index contributed by atoms with van der Waals surface area (Å²) in [5, 5.41) is 2.73. The summed E-state index contributed by atoms with van der Waals surface area (Å²) in [6.45, 7) is 4.87. The number of esters is 1. The standard InChI is InChI=1S/C20H21FN4O3/c1-3-28-20(27)15-10-22-25-17(26)9-13(23-19(15)25)11-24-8-4-5-14-12(2)6-7-16(21)18(14)24/h6-7,9-10,22H,3-5,8,11H2,1-2H3. The van der Waals surface area contributed by atoms with Crippen LogP contribution in [0.2, 0.25) is 0 Å². The molecule has 0 saturated heterocycles. The smallest absolute Gasteiger partial charge is 0.343 e. The van der Waals surface area contributed by atoms with Crippen LogP contribution in [0.1, 0.15) is 40.5 Å². The number of aromatic amines is 1. The minimum atomic E-state index is -0.546. The first-order valence-corrected chi connectivity index (χ1v) is 9.29. The summed E-state index contributed by atoms with van der Waals surface area (Å²) in [4.78, 5) is 31.0. The number of hydrogen-bond acceptors (Lipinski definition) is 5. The van der Waals surface area contributed by atoms with Crippen LogP contribution in [0.15, 0.2) is 29.2 Å². The molecule has 0 unspecified atom stereocenters. The lowest BCUT2D eigenvalue weighted by Crippen LogP contribution is -2.31. The fourth-order valence-electron chi connectivity index (χ4n) is 3.75. The highest BCUT2D eigenvalue weighted by atomic mass is 19.1. The number of fused-ring (bicyclic) bond motifs is 2. The number of hydrogen-bond donors (Lipinski definition) is 1. The lowest BCUT2D eigenvalue weighted by Gasteiger charge is -2.32. The van der Waals surface area contributed by atoms with E-state index in [-0.39, 0.29) is 35.7 Å². The summed E-state index contributed by atoms with van der Waals surface area (Å²) in [6, 6.07) is 4.67. The normalized spacial score (nSPS) is 13.6. The highest BCUT2D eigenvalue weighted by Gasteiger charge is 2.24. The molecule has 0 saturated carbocycles. The number of carbonyl (C=O) groups is 1. The first-order chi connectivity index (χ1) is 13.5. The number of anilines is 1. The second-order valence-electron chi connectivity index (χ2n) is 6.87. The van der Waals surface area contributed by atoms with E-state index in [1.165, 1.54) is 22.8 Å². The molecule has 3 heterocycles. The monoisotopic (exact) mass is 384 g/mol. The zero-order chi connectivity index (χ0) is 19.8. The number of H-pyrrole nitrogens is 1. The van der Waals surface area contributed by atoms with E-state index in [2.05, 4.69) is 10.1 Å². The number of halogens is 1. The zero-order valence-corrected chi connectivity index (χ0v) is 15.8. The molecule has 0 fully saturated rings. The number of rotatable bonds is 4. The molecule has 1 aliphatic rings. The molecule has 3 aromatic rings. The van der Waals surface area contributed by atoms with Gasteiger partial charge in [0.05, 0.1) is 24.5 Å². The summed E-state index contributed by atoms with van der Waals surface area (Å²) < 4.78 is 20.8. The lowest BCUT2D eigenvalue weighted by molar-refractivity contribution is 0.0528. The molecular formula is C20H21FN4O3. The molecule has 1 aliphatic heterocycles. The Balaban J connectivity index is 1.74. The molecule has 1 aromatic carbocycles. The van der Waals surface area contributed by atoms with Gasteiger partial charge in [-0.05, 0) is 43.9 Å². The topological polar surface area (TPSA) is 79.7 Å². The van der Waals surface area contributed by atoms with E-state index < -0.39 is 5.97 Å². The van der Waals surface area contributed by atoms with Crippen LogP contribution in [0, 0.1) is 12.7 Å². The van der Waals surface area contributed by atoms with Crippen molar-refractivity contribution in [3.63, 3.8) is 0 Å². The van der Waals surface area contributed by atoms with Crippen LogP contribution in [-0.4, -0.2) is 33.7 Å². The summed E-state index contributed by atoms with van der Waals surface area (Å²) in [5.74, 6) is -0.817. The Bertz CT molecular complexity index is 1120. The van der Waals surface area contributed by atoms with Crippen molar-refractivity contribution in [2.45, 2.75) is 33.2 Å². The van der Waals surface area contributed by atoms with Crippen molar-refractivity contribution in [3.8, 4) is 0 Å². The van der Waals surface area contributed by atoms with Crippen molar-refractivity contribution in [1.29, 1.82) is 0 Å². The molecule has 0 spiro atoms. The highest BCUT2D eigenvalue weighted by Crippen LogP contribution is 2.33. The Morgan fingerprint density at radius 3 is 3.00 bits per heavy atom. The fourth-order valence-corrected chi connectivity index (χ4v) is 3.75. The van der Waals surface area contributed by atoms with Crippen molar-refractivity contribution in [2.24, 2.45) is 0 Å². The molecule has 0 atom stereocenters. The van der Waals surface area contributed by atoms with E-state index in [1.54, 1.807) is 13.0 Å². The molecule has 0 aliphatic carbocycles. The number of nitrogens with one attached hydrogen (secondary N) is 1. The van der Waals surface area contributed by atoms with Crippen LogP contribution >= 0.6 is 0 Å². The van der Waals surface area contributed by atoms with Crippen LogP contribution in [-0.2, 0) is 17.7 Å². The molecular weight excluding hydrogens is 363 g/mol. The summed E-state index contributed by atoms with van der Waals surface area (Å²) >= 11 is 0. The molecule has 7 nitrogen and oxygen atoms in total. The number of nitrogens with zero attached hydrogens (tertiary/aromatic N) is 3. The number of ether oxygens (including phenoxy) is 1. The Morgan fingerprint density at radius 2 is 2.21 bits per heavy atom.